The van der Waals surface area contributed by atoms with Crippen molar-refractivity contribution in [2.75, 3.05) is 0 Å². The Kier molecular flexibility index (Phi) is 4.10. The molecule has 0 spiro atoms. The first-order valence-electron chi connectivity index (χ1n) is 5.98. The van der Waals surface area contributed by atoms with Gasteiger partial charge in [0.1, 0.15) is 28.2 Å². The van der Waals surface area contributed by atoms with Crippen LogP contribution in [0.5, 0.6) is 23.0 Å². The topological polar surface area (TPSA) is 111 Å². The van der Waals surface area contributed by atoms with Gasteiger partial charge in [0.05, 0.1) is 0 Å². The summed E-state index contributed by atoms with van der Waals surface area (Å²) in [6.45, 7) is 0. The molecular formula is C15H10O6Zn. The third-order valence-corrected chi connectivity index (χ3v) is 3.06. The third-order valence-electron chi connectivity index (χ3n) is 3.06. The maximum absolute atomic E-state index is 12.1. The first-order chi connectivity index (χ1) is 9.97. The first kappa shape index (κ1) is 15.9. The molecule has 0 radical (unpaired) electrons. The maximum atomic E-state index is 12.1. The summed E-state index contributed by atoms with van der Waals surface area (Å²) < 4.78 is 5.41. The van der Waals surface area contributed by atoms with Crippen LogP contribution in [0.15, 0.2) is 45.6 Å². The molecule has 6 nitrogen and oxygen atoms in total. The van der Waals surface area contributed by atoms with E-state index >= 15 is 0 Å². The molecule has 1 heterocycles. The van der Waals surface area contributed by atoms with Crippen LogP contribution in [-0.4, -0.2) is 20.4 Å². The Morgan fingerprint density at radius 3 is 2.14 bits per heavy atom. The molecule has 0 unspecified atom stereocenters. The van der Waals surface area contributed by atoms with Crippen molar-refractivity contribution in [1.29, 1.82) is 0 Å². The van der Waals surface area contributed by atoms with Crippen LogP contribution in [0.1, 0.15) is 0 Å². The Balaban J connectivity index is 0.00000176. The van der Waals surface area contributed by atoms with Crippen molar-refractivity contribution in [3.8, 4) is 34.3 Å². The number of hydrogen-bond acceptors (Lipinski definition) is 6. The minimum absolute atomic E-state index is 0. The molecule has 108 valence electrons. The van der Waals surface area contributed by atoms with Crippen molar-refractivity contribution >= 4 is 11.0 Å². The van der Waals surface area contributed by atoms with Crippen molar-refractivity contribution in [3.63, 3.8) is 0 Å². The Morgan fingerprint density at radius 2 is 1.50 bits per heavy atom. The molecule has 0 atom stereocenters. The van der Waals surface area contributed by atoms with Gasteiger partial charge in [0.15, 0.2) is 5.76 Å². The van der Waals surface area contributed by atoms with Gasteiger partial charge in [-0.05, 0) is 24.3 Å². The summed E-state index contributed by atoms with van der Waals surface area (Å²) in [7, 11) is 0. The van der Waals surface area contributed by atoms with Crippen LogP contribution in [0, 0.1) is 0 Å². The van der Waals surface area contributed by atoms with E-state index in [2.05, 4.69) is 0 Å². The summed E-state index contributed by atoms with van der Waals surface area (Å²) >= 11 is 0. The molecule has 3 rings (SSSR count). The van der Waals surface area contributed by atoms with E-state index in [0.29, 0.717) is 5.56 Å². The molecule has 7 heteroatoms. The largest absolute Gasteiger partial charge is 0.508 e. The fourth-order valence-electron chi connectivity index (χ4n) is 2.08. The standard InChI is InChI=1S/C15H10O6.Zn/c16-8-3-1-7(2-4-8)15-14(20)13(19)12-10(18)5-9(17)6-11(12)21-15;/h1-6,16-18,20H;. The molecule has 0 aliphatic carbocycles. The van der Waals surface area contributed by atoms with Crippen LogP contribution in [0.4, 0.5) is 0 Å². The van der Waals surface area contributed by atoms with Crippen molar-refractivity contribution in [3.05, 3.63) is 46.6 Å². The van der Waals surface area contributed by atoms with Crippen LogP contribution in [0.3, 0.4) is 0 Å². The zero-order valence-electron chi connectivity index (χ0n) is 11.3. The average Bonchev–Trinajstić information content (AvgIpc) is 2.43. The van der Waals surface area contributed by atoms with E-state index in [0.717, 1.165) is 6.07 Å². The van der Waals surface area contributed by atoms with Gasteiger partial charge in [-0.15, -0.1) is 0 Å². The number of phenolic OH excluding ortho intramolecular Hbond substituents is 3. The zero-order valence-corrected chi connectivity index (χ0v) is 14.2. The minimum atomic E-state index is -0.808. The molecule has 2 aromatic carbocycles. The van der Waals surface area contributed by atoms with Crippen LogP contribution in [0.2, 0.25) is 0 Å². The number of rotatable bonds is 1. The van der Waals surface area contributed by atoms with Crippen molar-refractivity contribution in [2.45, 2.75) is 0 Å². The minimum Gasteiger partial charge on any atom is -0.508 e. The molecule has 0 fully saturated rings. The average molecular weight is 352 g/mol. The molecule has 0 saturated heterocycles. The Bertz CT molecular complexity index is 899. The summed E-state index contributed by atoms with van der Waals surface area (Å²) in [6, 6.07) is 7.82. The van der Waals surface area contributed by atoms with Gasteiger partial charge in [-0.3, -0.25) is 4.79 Å². The summed E-state index contributed by atoms with van der Waals surface area (Å²) in [5.74, 6) is -1.50. The normalized spacial score (nSPS) is 10.4. The summed E-state index contributed by atoms with van der Waals surface area (Å²) in [5, 5.41) is 38.1. The fraction of sp³-hybridized carbons (Fsp3) is 0. The molecule has 1 aromatic heterocycles. The molecule has 3 aromatic rings. The van der Waals surface area contributed by atoms with Crippen LogP contribution in [-0.2, 0) is 19.5 Å². The van der Waals surface area contributed by atoms with E-state index in [1.54, 1.807) is 0 Å². The van der Waals surface area contributed by atoms with Gasteiger partial charge in [0, 0.05) is 37.2 Å². The first-order valence-corrected chi connectivity index (χ1v) is 5.98. The van der Waals surface area contributed by atoms with Gasteiger partial charge in [0.25, 0.3) is 0 Å². The van der Waals surface area contributed by atoms with Crippen LogP contribution < -0.4 is 5.43 Å². The Morgan fingerprint density at radius 1 is 0.864 bits per heavy atom. The van der Waals surface area contributed by atoms with Gasteiger partial charge in [0.2, 0.25) is 11.2 Å². The van der Waals surface area contributed by atoms with E-state index in [1.165, 1.54) is 30.3 Å². The second-order valence-electron chi connectivity index (χ2n) is 4.49. The summed E-state index contributed by atoms with van der Waals surface area (Å²) in [4.78, 5) is 12.1. The predicted octanol–water partition coefficient (Wildman–Crippen LogP) is 2.28. The second-order valence-corrected chi connectivity index (χ2v) is 4.49. The van der Waals surface area contributed by atoms with Gasteiger partial charge in [-0.25, -0.2) is 0 Å². The van der Waals surface area contributed by atoms with E-state index in [4.69, 9.17) is 4.42 Å². The number of aromatic hydroxyl groups is 4. The molecule has 4 N–H and O–H groups in total. The Labute approximate surface area is 136 Å². The van der Waals surface area contributed by atoms with E-state index in [9.17, 15) is 25.2 Å². The smallest absolute Gasteiger partial charge is 0.238 e. The molecule has 0 aliphatic heterocycles. The van der Waals surface area contributed by atoms with Gasteiger partial charge >= 0.3 is 0 Å². The quantitative estimate of drug-likeness (QED) is 0.501. The molecule has 22 heavy (non-hydrogen) atoms. The van der Waals surface area contributed by atoms with Crippen molar-refractivity contribution in [1.82, 2.24) is 0 Å². The molecular weight excluding hydrogens is 342 g/mol. The number of fused-ring (bicyclic) bond motifs is 1. The molecule has 0 bridgehead atoms. The van der Waals surface area contributed by atoms with E-state index in [1.807, 2.05) is 0 Å². The third kappa shape index (κ3) is 2.51. The fourth-order valence-corrected chi connectivity index (χ4v) is 2.08. The van der Waals surface area contributed by atoms with Crippen LogP contribution >= 0.6 is 0 Å². The van der Waals surface area contributed by atoms with Crippen LogP contribution in [0.25, 0.3) is 22.3 Å². The maximum Gasteiger partial charge on any atom is 0.238 e. The summed E-state index contributed by atoms with van der Waals surface area (Å²) in [6.07, 6.45) is 0. The monoisotopic (exact) mass is 350 g/mol. The molecule has 0 saturated carbocycles. The predicted molar refractivity (Wildman–Crippen MR) is 74.6 cm³/mol. The molecule has 0 aliphatic rings. The summed E-state index contributed by atoms with van der Waals surface area (Å²) in [5.41, 5.74) is -0.498. The van der Waals surface area contributed by atoms with E-state index < -0.39 is 16.9 Å². The van der Waals surface area contributed by atoms with Gasteiger partial charge < -0.3 is 24.8 Å². The van der Waals surface area contributed by atoms with E-state index in [-0.39, 0.29) is 47.7 Å². The van der Waals surface area contributed by atoms with Gasteiger partial charge in [-0.1, -0.05) is 0 Å². The van der Waals surface area contributed by atoms with Crippen molar-refractivity contribution < 1.29 is 44.3 Å². The number of benzene rings is 2. The number of hydrogen-bond donors (Lipinski definition) is 4. The second kappa shape index (κ2) is 5.69. The molecule has 0 amide bonds. The number of phenols is 3. The Hall–Kier alpha value is -2.53. The SMILES string of the molecule is O=c1c(O)c(-c2ccc(O)cc2)oc2cc(O)cc(O)c12.[Zn]. The van der Waals surface area contributed by atoms with Gasteiger partial charge in [-0.2, -0.15) is 0 Å². The van der Waals surface area contributed by atoms with Crippen molar-refractivity contribution in [2.24, 2.45) is 0 Å². The zero-order chi connectivity index (χ0) is 15.1.